The van der Waals surface area contributed by atoms with Crippen molar-refractivity contribution in [3.8, 4) is 17.1 Å². The average molecular weight is 470 g/mol. The van der Waals surface area contributed by atoms with Gasteiger partial charge in [0.1, 0.15) is 17.7 Å². The van der Waals surface area contributed by atoms with Crippen LogP contribution in [0.4, 0.5) is 0 Å². The minimum atomic E-state index is 0.123. The molecule has 0 amide bonds. The summed E-state index contributed by atoms with van der Waals surface area (Å²) >= 11 is 13.2. The van der Waals surface area contributed by atoms with Gasteiger partial charge in [0.25, 0.3) is 0 Å². The number of ether oxygens (including phenoxy) is 2. The van der Waals surface area contributed by atoms with Gasteiger partial charge in [-0.2, -0.15) is 0 Å². The highest BCUT2D eigenvalue weighted by atomic mass is 35.5. The topological polar surface area (TPSA) is 50.4 Å². The number of hydrogen-bond acceptors (Lipinski definition) is 4. The Morgan fingerprint density at radius 3 is 2.78 bits per heavy atom. The van der Waals surface area contributed by atoms with Gasteiger partial charge in [-0.15, -0.1) is 0 Å². The van der Waals surface area contributed by atoms with E-state index in [0.29, 0.717) is 19.3 Å². The van der Waals surface area contributed by atoms with Crippen molar-refractivity contribution in [3.63, 3.8) is 0 Å². The van der Waals surface area contributed by atoms with E-state index in [9.17, 15) is 0 Å². The number of nitrogens with one attached hydrogen (secondary N) is 1. The van der Waals surface area contributed by atoms with E-state index in [0.717, 1.165) is 71.6 Å². The maximum absolute atomic E-state index is 6.81. The van der Waals surface area contributed by atoms with E-state index in [1.807, 2.05) is 30.3 Å². The van der Waals surface area contributed by atoms with Crippen molar-refractivity contribution in [2.24, 2.45) is 0 Å². The largest absolute Gasteiger partial charge is 0.484 e. The van der Waals surface area contributed by atoms with Crippen LogP contribution in [0.15, 0.2) is 36.4 Å². The highest BCUT2D eigenvalue weighted by Crippen LogP contribution is 2.38. The lowest BCUT2D eigenvalue weighted by atomic mass is 9.86. The van der Waals surface area contributed by atoms with E-state index in [1.165, 1.54) is 16.8 Å². The van der Waals surface area contributed by atoms with Crippen molar-refractivity contribution < 1.29 is 9.47 Å². The number of hydrogen-bond donors (Lipinski definition) is 1. The Bertz CT molecular complexity index is 1160. The summed E-state index contributed by atoms with van der Waals surface area (Å²) in [7, 11) is 0. The molecule has 3 aliphatic rings. The number of benzene rings is 2. The van der Waals surface area contributed by atoms with Gasteiger partial charge >= 0.3 is 0 Å². The molecular formula is C25H25Cl2N3O2. The molecule has 0 saturated carbocycles. The molecule has 2 aliphatic heterocycles. The van der Waals surface area contributed by atoms with Crippen LogP contribution < -0.4 is 4.74 Å². The van der Waals surface area contributed by atoms with Crippen molar-refractivity contribution in [2.75, 3.05) is 19.8 Å². The summed E-state index contributed by atoms with van der Waals surface area (Å²) in [6, 6.07) is 12.5. The maximum Gasteiger partial charge on any atom is 0.145 e. The first-order chi connectivity index (χ1) is 15.7. The molecule has 0 bridgehead atoms. The molecule has 7 heteroatoms. The zero-order chi connectivity index (χ0) is 21.7. The van der Waals surface area contributed by atoms with Crippen LogP contribution in [-0.4, -0.2) is 46.8 Å². The lowest BCUT2D eigenvalue weighted by Gasteiger charge is -2.37. The molecule has 166 valence electrons. The quantitative estimate of drug-likeness (QED) is 0.578. The minimum absolute atomic E-state index is 0.123. The van der Waals surface area contributed by atoms with Crippen LogP contribution in [0, 0.1) is 0 Å². The van der Waals surface area contributed by atoms with Gasteiger partial charge in [-0.05, 0) is 48.6 Å². The number of halogens is 2. The van der Waals surface area contributed by atoms with Gasteiger partial charge in [-0.3, -0.25) is 4.90 Å². The molecule has 1 unspecified atom stereocenters. The molecule has 1 saturated heterocycles. The molecule has 1 fully saturated rings. The molecule has 0 radical (unpaired) electrons. The van der Waals surface area contributed by atoms with Crippen LogP contribution in [0.1, 0.15) is 28.9 Å². The molecule has 3 heterocycles. The first kappa shape index (κ1) is 20.5. The van der Waals surface area contributed by atoms with Crippen molar-refractivity contribution in [1.29, 1.82) is 0 Å². The number of aryl methyl sites for hydroxylation is 1. The number of rotatable bonds is 4. The second kappa shape index (κ2) is 8.38. The number of aromatic amines is 1. The number of nitrogens with zero attached hydrogens (tertiary/aromatic N) is 2. The normalized spacial score (nSPS) is 21.0. The zero-order valence-corrected chi connectivity index (χ0v) is 19.3. The maximum atomic E-state index is 6.81. The predicted molar refractivity (Wildman–Crippen MR) is 126 cm³/mol. The second-order valence-corrected chi connectivity index (χ2v) is 9.69. The Morgan fingerprint density at radius 2 is 1.97 bits per heavy atom. The van der Waals surface area contributed by atoms with Gasteiger partial charge in [0.15, 0.2) is 0 Å². The highest BCUT2D eigenvalue weighted by molar-refractivity contribution is 6.33. The zero-order valence-electron chi connectivity index (χ0n) is 17.7. The van der Waals surface area contributed by atoms with Crippen LogP contribution in [0.5, 0.6) is 5.75 Å². The van der Waals surface area contributed by atoms with E-state index < -0.39 is 0 Å². The van der Waals surface area contributed by atoms with Crippen LogP contribution in [0.25, 0.3) is 11.4 Å². The van der Waals surface area contributed by atoms with E-state index in [2.05, 4.69) is 16.0 Å². The lowest BCUT2D eigenvalue weighted by Crippen LogP contribution is -2.42. The Morgan fingerprint density at radius 1 is 1.09 bits per heavy atom. The average Bonchev–Trinajstić information content (AvgIpc) is 3.21. The lowest BCUT2D eigenvalue weighted by molar-refractivity contribution is -0.0796. The number of H-pyrrole nitrogens is 1. The third-order valence-electron chi connectivity index (χ3n) is 6.90. The van der Waals surface area contributed by atoms with E-state index >= 15 is 0 Å². The minimum Gasteiger partial charge on any atom is -0.484 e. The van der Waals surface area contributed by atoms with Crippen LogP contribution >= 0.6 is 23.2 Å². The van der Waals surface area contributed by atoms with Crippen LogP contribution in [-0.2, 0) is 30.5 Å². The van der Waals surface area contributed by atoms with Gasteiger partial charge in [0.2, 0.25) is 0 Å². The molecule has 2 aromatic carbocycles. The number of imidazole rings is 1. The Labute approximate surface area is 197 Å². The van der Waals surface area contributed by atoms with Crippen LogP contribution in [0.3, 0.4) is 0 Å². The summed E-state index contributed by atoms with van der Waals surface area (Å²) < 4.78 is 11.3. The number of fused-ring (bicyclic) bond motifs is 2. The second-order valence-electron chi connectivity index (χ2n) is 8.90. The van der Waals surface area contributed by atoms with Crippen molar-refractivity contribution in [3.05, 3.63) is 69.0 Å². The third-order valence-corrected chi connectivity index (χ3v) is 7.64. The van der Waals surface area contributed by atoms with Gasteiger partial charge in [-0.1, -0.05) is 41.4 Å². The third kappa shape index (κ3) is 3.71. The summed E-state index contributed by atoms with van der Waals surface area (Å²) in [6.45, 7) is 3.17. The van der Waals surface area contributed by atoms with E-state index in [4.69, 9.17) is 37.7 Å². The molecule has 1 aliphatic carbocycles. The van der Waals surface area contributed by atoms with Crippen molar-refractivity contribution in [2.45, 2.75) is 44.4 Å². The van der Waals surface area contributed by atoms with Gasteiger partial charge < -0.3 is 14.5 Å². The van der Waals surface area contributed by atoms with Crippen LogP contribution in [0.2, 0.25) is 10.0 Å². The summed E-state index contributed by atoms with van der Waals surface area (Å²) in [5.74, 6) is 1.65. The predicted octanol–water partition coefficient (Wildman–Crippen LogP) is 5.08. The molecule has 5 nitrogen and oxygen atoms in total. The van der Waals surface area contributed by atoms with Crippen molar-refractivity contribution in [1.82, 2.24) is 14.9 Å². The summed E-state index contributed by atoms with van der Waals surface area (Å²) in [4.78, 5) is 11.0. The molecule has 1 aromatic heterocycles. The molecule has 3 aromatic rings. The summed E-state index contributed by atoms with van der Waals surface area (Å²) in [6.07, 6.45) is 4.20. The molecular weight excluding hydrogens is 445 g/mol. The Balaban J connectivity index is 1.20. The monoisotopic (exact) mass is 469 g/mol. The standard InChI is InChI=1S/C25H25Cl2N3O2/c26-20-4-2-1-3-18(20)25-28-21-9-10-30(12-22(21)29-25)16-7-5-15-6-8-23(24(27)19(15)11-16)32-17-13-31-14-17/h1-4,6,8,16-17H,5,7,9-14H2,(H,28,29). The van der Waals surface area contributed by atoms with E-state index in [1.54, 1.807) is 0 Å². The molecule has 1 atom stereocenters. The summed E-state index contributed by atoms with van der Waals surface area (Å²) in [5, 5.41) is 1.50. The smallest absolute Gasteiger partial charge is 0.145 e. The molecule has 32 heavy (non-hydrogen) atoms. The fourth-order valence-electron chi connectivity index (χ4n) is 5.03. The fourth-order valence-corrected chi connectivity index (χ4v) is 5.56. The van der Waals surface area contributed by atoms with E-state index in [-0.39, 0.29) is 6.10 Å². The molecule has 0 spiro atoms. The number of aromatic nitrogens is 2. The fraction of sp³-hybridized carbons (Fsp3) is 0.400. The first-order valence-electron chi connectivity index (χ1n) is 11.3. The first-order valence-corrected chi connectivity index (χ1v) is 12.0. The van der Waals surface area contributed by atoms with Gasteiger partial charge in [0, 0.05) is 31.1 Å². The Hall–Kier alpha value is -2.05. The SMILES string of the molecule is Clc1ccccc1-c1nc2c([nH]1)CN(C1CCc3ccc(OC4COC4)c(Cl)c3C1)CC2. The molecule has 1 N–H and O–H groups in total. The van der Waals surface area contributed by atoms with Crippen molar-refractivity contribution >= 4 is 23.2 Å². The molecule has 6 rings (SSSR count). The van der Waals surface area contributed by atoms with Gasteiger partial charge in [0.05, 0.1) is 34.6 Å². The highest BCUT2D eigenvalue weighted by Gasteiger charge is 2.31. The summed E-state index contributed by atoms with van der Waals surface area (Å²) in [5.41, 5.74) is 5.91. The van der Waals surface area contributed by atoms with Gasteiger partial charge in [-0.25, -0.2) is 4.98 Å². The Kier molecular flexibility index (Phi) is 5.38.